The molecule has 0 heterocycles. The molecule has 0 rings (SSSR count). The van der Waals surface area contributed by atoms with Crippen LogP contribution in [0, 0.1) is 10.8 Å². The van der Waals surface area contributed by atoms with Gasteiger partial charge in [0.05, 0.1) is 0 Å². The highest BCUT2D eigenvalue weighted by molar-refractivity contribution is 5.82. The van der Waals surface area contributed by atoms with E-state index in [2.05, 4.69) is 26.1 Å². The first-order valence-corrected chi connectivity index (χ1v) is 6.22. The highest BCUT2D eigenvalue weighted by atomic mass is 16.2. The summed E-state index contributed by atoms with van der Waals surface area (Å²) in [5, 5.41) is 3.07. The molecule has 0 saturated carbocycles. The Bertz CT molecular complexity index is 246. The smallest absolute Gasteiger partial charge is 0.226 e. The second-order valence-electron chi connectivity index (χ2n) is 7.28. The van der Waals surface area contributed by atoms with Gasteiger partial charge in [0.15, 0.2) is 0 Å². The van der Waals surface area contributed by atoms with Gasteiger partial charge in [0.2, 0.25) is 5.91 Å². The van der Waals surface area contributed by atoms with E-state index in [9.17, 15) is 4.79 Å². The zero-order chi connectivity index (χ0) is 13.2. The minimum absolute atomic E-state index is 0.148. The van der Waals surface area contributed by atoms with Gasteiger partial charge < -0.3 is 5.32 Å². The fraction of sp³-hybridized carbons (Fsp3) is 0.929. The quantitative estimate of drug-likeness (QED) is 0.778. The normalized spacial score (nSPS) is 13.8. The molecule has 0 aliphatic rings. The lowest BCUT2D eigenvalue weighted by Gasteiger charge is -2.35. The first-order chi connectivity index (χ1) is 6.90. The largest absolute Gasteiger partial charge is 0.351 e. The molecule has 0 bridgehead atoms. The highest BCUT2D eigenvalue weighted by Crippen LogP contribution is 2.36. The van der Waals surface area contributed by atoms with E-state index in [-0.39, 0.29) is 22.3 Å². The number of carbonyl (C=O) groups excluding carboxylic acids is 1. The van der Waals surface area contributed by atoms with Gasteiger partial charge in [-0.1, -0.05) is 41.0 Å². The van der Waals surface area contributed by atoms with E-state index in [0.29, 0.717) is 0 Å². The molecule has 0 aliphatic heterocycles. The van der Waals surface area contributed by atoms with E-state index in [1.807, 2.05) is 34.6 Å². The van der Waals surface area contributed by atoms with Gasteiger partial charge in [-0.05, 0) is 32.6 Å². The molecular weight excluding hydrogens is 198 g/mol. The molecule has 1 amide bonds. The predicted molar refractivity (Wildman–Crippen MR) is 70.4 cm³/mol. The maximum absolute atomic E-state index is 12.2. The van der Waals surface area contributed by atoms with Crippen LogP contribution in [0.15, 0.2) is 0 Å². The Hall–Kier alpha value is -0.530. The van der Waals surface area contributed by atoms with Crippen LogP contribution < -0.4 is 5.32 Å². The van der Waals surface area contributed by atoms with Crippen LogP contribution >= 0.6 is 0 Å². The molecule has 0 aromatic carbocycles. The van der Waals surface area contributed by atoms with Crippen LogP contribution in [0.1, 0.15) is 68.2 Å². The zero-order valence-electron chi connectivity index (χ0n) is 12.3. The number of hydrogen-bond donors (Lipinski definition) is 1. The first kappa shape index (κ1) is 15.5. The summed E-state index contributed by atoms with van der Waals surface area (Å²) in [5.41, 5.74) is -0.226. The SMILES string of the molecule is CCC(C)(C)CC(C)(C)C(=O)NC(C)(C)C. The Kier molecular flexibility index (Phi) is 4.61. The van der Waals surface area contributed by atoms with Crippen molar-refractivity contribution in [3.8, 4) is 0 Å². The van der Waals surface area contributed by atoms with E-state index < -0.39 is 0 Å². The van der Waals surface area contributed by atoms with Crippen LogP contribution in [-0.4, -0.2) is 11.4 Å². The second kappa shape index (κ2) is 4.77. The highest BCUT2D eigenvalue weighted by Gasteiger charge is 2.35. The lowest BCUT2D eigenvalue weighted by molar-refractivity contribution is -0.132. The Labute approximate surface area is 101 Å². The van der Waals surface area contributed by atoms with Crippen molar-refractivity contribution >= 4 is 5.91 Å². The van der Waals surface area contributed by atoms with Crippen molar-refractivity contribution in [2.45, 2.75) is 73.8 Å². The van der Waals surface area contributed by atoms with Gasteiger partial charge in [0, 0.05) is 11.0 Å². The lowest BCUT2D eigenvalue weighted by Crippen LogP contribution is -2.48. The second-order valence-corrected chi connectivity index (χ2v) is 7.28. The summed E-state index contributed by atoms with van der Waals surface area (Å²) in [6, 6.07) is 0. The van der Waals surface area contributed by atoms with Crippen LogP contribution in [0.4, 0.5) is 0 Å². The number of nitrogens with one attached hydrogen (secondary N) is 1. The monoisotopic (exact) mass is 227 g/mol. The Morgan fingerprint density at radius 2 is 1.44 bits per heavy atom. The van der Waals surface area contributed by atoms with Crippen LogP contribution in [0.2, 0.25) is 0 Å². The molecule has 2 heteroatoms. The zero-order valence-corrected chi connectivity index (χ0v) is 12.3. The summed E-state index contributed by atoms with van der Waals surface area (Å²) in [4.78, 5) is 12.2. The molecule has 1 N–H and O–H groups in total. The van der Waals surface area contributed by atoms with E-state index in [0.717, 1.165) is 12.8 Å². The summed E-state index contributed by atoms with van der Waals surface area (Å²) < 4.78 is 0. The van der Waals surface area contributed by atoms with E-state index in [1.54, 1.807) is 0 Å². The molecule has 96 valence electrons. The van der Waals surface area contributed by atoms with Gasteiger partial charge >= 0.3 is 0 Å². The molecule has 0 radical (unpaired) electrons. The Morgan fingerprint density at radius 3 is 1.75 bits per heavy atom. The van der Waals surface area contributed by atoms with Gasteiger partial charge in [0.1, 0.15) is 0 Å². The molecule has 0 aromatic rings. The van der Waals surface area contributed by atoms with Crippen LogP contribution in [0.25, 0.3) is 0 Å². The molecule has 0 saturated heterocycles. The Balaban J connectivity index is 4.61. The average Bonchev–Trinajstić information content (AvgIpc) is 1.99. The topological polar surface area (TPSA) is 29.1 Å². The third kappa shape index (κ3) is 5.53. The molecular formula is C14H29NO. The van der Waals surface area contributed by atoms with Crippen LogP contribution in [0.3, 0.4) is 0 Å². The maximum Gasteiger partial charge on any atom is 0.226 e. The molecule has 2 nitrogen and oxygen atoms in total. The van der Waals surface area contributed by atoms with Crippen LogP contribution in [0.5, 0.6) is 0 Å². The third-order valence-electron chi connectivity index (χ3n) is 2.98. The first-order valence-electron chi connectivity index (χ1n) is 6.22. The molecule has 0 aromatic heterocycles. The van der Waals surface area contributed by atoms with Gasteiger partial charge in [-0.25, -0.2) is 0 Å². The van der Waals surface area contributed by atoms with Crippen molar-refractivity contribution in [1.29, 1.82) is 0 Å². The molecule has 0 atom stereocenters. The summed E-state index contributed by atoms with van der Waals surface area (Å²) in [6.45, 7) is 16.7. The van der Waals surface area contributed by atoms with Crippen molar-refractivity contribution in [1.82, 2.24) is 5.32 Å². The third-order valence-corrected chi connectivity index (χ3v) is 2.98. The minimum Gasteiger partial charge on any atom is -0.351 e. The van der Waals surface area contributed by atoms with Gasteiger partial charge in [-0.3, -0.25) is 4.79 Å². The summed E-state index contributed by atoms with van der Waals surface area (Å²) in [6.07, 6.45) is 2.01. The van der Waals surface area contributed by atoms with Crippen molar-refractivity contribution < 1.29 is 4.79 Å². The van der Waals surface area contributed by atoms with Crippen molar-refractivity contribution in [3.63, 3.8) is 0 Å². The number of rotatable bonds is 4. The molecule has 0 fully saturated rings. The number of hydrogen-bond acceptors (Lipinski definition) is 1. The fourth-order valence-electron chi connectivity index (χ4n) is 1.91. The molecule has 16 heavy (non-hydrogen) atoms. The summed E-state index contributed by atoms with van der Waals surface area (Å²) >= 11 is 0. The lowest BCUT2D eigenvalue weighted by atomic mass is 9.73. The van der Waals surface area contributed by atoms with Crippen molar-refractivity contribution in [2.24, 2.45) is 10.8 Å². The maximum atomic E-state index is 12.2. The standard InChI is InChI=1S/C14H29NO/c1-9-13(5,6)10-14(7,8)11(16)15-12(2,3)4/h9-10H2,1-8H3,(H,15,16). The summed E-state index contributed by atoms with van der Waals surface area (Å²) in [5.74, 6) is 0.154. The number of amides is 1. The number of carbonyl (C=O) groups is 1. The van der Waals surface area contributed by atoms with E-state index >= 15 is 0 Å². The minimum atomic E-state index is -0.299. The molecule has 0 unspecified atom stereocenters. The predicted octanol–water partition coefficient (Wildman–Crippen LogP) is 3.75. The summed E-state index contributed by atoms with van der Waals surface area (Å²) in [7, 11) is 0. The van der Waals surface area contributed by atoms with Crippen molar-refractivity contribution in [2.75, 3.05) is 0 Å². The van der Waals surface area contributed by atoms with Crippen LogP contribution in [-0.2, 0) is 4.79 Å². The van der Waals surface area contributed by atoms with Crippen molar-refractivity contribution in [3.05, 3.63) is 0 Å². The van der Waals surface area contributed by atoms with Gasteiger partial charge in [0.25, 0.3) is 0 Å². The average molecular weight is 227 g/mol. The van der Waals surface area contributed by atoms with E-state index in [4.69, 9.17) is 0 Å². The van der Waals surface area contributed by atoms with Gasteiger partial charge in [-0.2, -0.15) is 0 Å². The van der Waals surface area contributed by atoms with Gasteiger partial charge in [-0.15, -0.1) is 0 Å². The molecule has 0 aliphatic carbocycles. The van der Waals surface area contributed by atoms with E-state index in [1.165, 1.54) is 0 Å². The molecule has 0 spiro atoms. The Morgan fingerprint density at radius 1 is 1.00 bits per heavy atom. The fourth-order valence-corrected chi connectivity index (χ4v) is 1.91.